The van der Waals surface area contributed by atoms with Crippen LogP contribution in [0.2, 0.25) is 0 Å². The van der Waals surface area contributed by atoms with Gasteiger partial charge < -0.3 is 5.11 Å². The van der Waals surface area contributed by atoms with E-state index < -0.39 is 5.97 Å². The monoisotopic (exact) mass is 596 g/mol. The van der Waals surface area contributed by atoms with Crippen LogP contribution in [0.25, 0.3) is 0 Å². The lowest BCUT2D eigenvalue weighted by Crippen LogP contribution is -2.23. The largest absolute Gasteiger partial charge is 0.481 e. The molecule has 2 nitrogen and oxygen atoms in total. The average Bonchev–Trinajstić information content (AvgIpc) is 2.53. The van der Waals surface area contributed by atoms with Gasteiger partial charge in [-0.2, -0.15) is 0 Å². The van der Waals surface area contributed by atoms with E-state index in [0.717, 1.165) is 32.1 Å². The smallest absolute Gasteiger partial charge is 0.303 e. The van der Waals surface area contributed by atoms with E-state index in [2.05, 4.69) is 70.6 Å². The van der Waals surface area contributed by atoms with Gasteiger partial charge in [-0.05, 0) is 25.7 Å². The van der Waals surface area contributed by atoms with Crippen LogP contribution < -0.4 is 0 Å². The number of alkyl halides is 4. The SMILES string of the molecule is CCCCCC(Br)C(Br)CC(Br)C(Br)CCCCCCCC(=O)O. The number of halogens is 4. The Kier molecular flexibility index (Phi) is 17.5. The Morgan fingerprint density at radius 3 is 1.71 bits per heavy atom. The van der Waals surface area contributed by atoms with Crippen LogP contribution in [0.3, 0.4) is 0 Å². The Bertz CT molecular complexity index is 315. The van der Waals surface area contributed by atoms with E-state index >= 15 is 0 Å². The van der Waals surface area contributed by atoms with Crippen molar-refractivity contribution in [2.45, 2.75) is 103 Å². The average molecular weight is 600 g/mol. The number of unbranched alkanes of at least 4 members (excludes halogenated alkanes) is 6. The topological polar surface area (TPSA) is 37.3 Å². The van der Waals surface area contributed by atoms with Crippen molar-refractivity contribution in [3.05, 3.63) is 0 Å². The van der Waals surface area contributed by atoms with Crippen LogP contribution in [-0.2, 0) is 4.79 Å². The van der Waals surface area contributed by atoms with E-state index in [0.29, 0.717) is 25.7 Å². The van der Waals surface area contributed by atoms with E-state index in [1.807, 2.05) is 0 Å². The third-order valence-corrected chi connectivity index (χ3v) is 9.82. The Morgan fingerprint density at radius 2 is 1.21 bits per heavy atom. The van der Waals surface area contributed by atoms with Crippen LogP contribution in [0.1, 0.15) is 84.0 Å². The Morgan fingerprint density at radius 1 is 0.750 bits per heavy atom. The number of rotatable bonds is 16. The fraction of sp³-hybridized carbons (Fsp3) is 0.944. The first-order valence-corrected chi connectivity index (χ1v) is 12.8. The molecule has 0 fully saturated rings. The second-order valence-corrected chi connectivity index (χ2v) is 11.2. The number of carboxylic acid groups (broad SMARTS) is 1. The van der Waals surface area contributed by atoms with Gasteiger partial charge in [0.15, 0.2) is 0 Å². The summed E-state index contributed by atoms with van der Waals surface area (Å²) in [6.07, 6.45) is 13.1. The molecule has 0 aliphatic rings. The maximum Gasteiger partial charge on any atom is 0.303 e. The van der Waals surface area contributed by atoms with Gasteiger partial charge in [-0.25, -0.2) is 0 Å². The molecule has 24 heavy (non-hydrogen) atoms. The van der Waals surface area contributed by atoms with E-state index in [-0.39, 0.29) is 0 Å². The molecule has 0 amide bonds. The summed E-state index contributed by atoms with van der Waals surface area (Å²) in [4.78, 5) is 12.4. The van der Waals surface area contributed by atoms with Gasteiger partial charge in [0.1, 0.15) is 0 Å². The van der Waals surface area contributed by atoms with Crippen molar-refractivity contribution in [1.29, 1.82) is 0 Å². The molecule has 0 aliphatic carbocycles. The van der Waals surface area contributed by atoms with Crippen LogP contribution in [0.4, 0.5) is 0 Å². The molecule has 0 saturated carbocycles. The van der Waals surface area contributed by atoms with Crippen molar-refractivity contribution in [3.63, 3.8) is 0 Å². The third kappa shape index (κ3) is 14.5. The molecule has 1 N–H and O–H groups in total. The maximum absolute atomic E-state index is 10.4. The van der Waals surface area contributed by atoms with Crippen molar-refractivity contribution < 1.29 is 9.90 Å². The van der Waals surface area contributed by atoms with Crippen LogP contribution in [0, 0.1) is 0 Å². The first kappa shape index (κ1) is 25.4. The molecule has 0 aromatic rings. The lowest BCUT2D eigenvalue weighted by molar-refractivity contribution is -0.137. The van der Waals surface area contributed by atoms with Crippen molar-refractivity contribution in [2.24, 2.45) is 0 Å². The molecule has 4 unspecified atom stereocenters. The highest BCUT2D eigenvalue weighted by Crippen LogP contribution is 2.31. The number of hydrogen-bond acceptors (Lipinski definition) is 1. The summed E-state index contributed by atoms with van der Waals surface area (Å²) < 4.78 is 0. The molecule has 0 rings (SSSR count). The van der Waals surface area contributed by atoms with E-state index in [1.165, 1.54) is 38.5 Å². The van der Waals surface area contributed by atoms with Crippen LogP contribution in [0.5, 0.6) is 0 Å². The predicted molar refractivity (Wildman–Crippen MR) is 120 cm³/mol. The fourth-order valence-electron chi connectivity index (χ4n) is 2.61. The van der Waals surface area contributed by atoms with E-state index in [1.54, 1.807) is 0 Å². The van der Waals surface area contributed by atoms with Crippen LogP contribution >= 0.6 is 63.7 Å². The van der Waals surface area contributed by atoms with Gasteiger partial charge >= 0.3 is 5.97 Å². The van der Waals surface area contributed by atoms with E-state index in [9.17, 15) is 4.79 Å². The molecule has 0 bridgehead atoms. The van der Waals surface area contributed by atoms with Gasteiger partial charge in [0.2, 0.25) is 0 Å². The summed E-state index contributed by atoms with van der Waals surface area (Å²) in [6.45, 7) is 2.24. The van der Waals surface area contributed by atoms with Crippen molar-refractivity contribution in [2.75, 3.05) is 0 Å². The van der Waals surface area contributed by atoms with Crippen molar-refractivity contribution in [1.82, 2.24) is 0 Å². The second-order valence-electron chi connectivity index (χ2n) is 6.50. The Balaban J connectivity index is 3.74. The molecule has 0 radical (unpaired) electrons. The molecular weight excluding hydrogens is 568 g/mol. The number of carbonyl (C=O) groups is 1. The number of carboxylic acids is 1. The van der Waals surface area contributed by atoms with Gasteiger partial charge in [0.25, 0.3) is 0 Å². The minimum atomic E-state index is -0.679. The van der Waals surface area contributed by atoms with Gasteiger partial charge in [-0.15, -0.1) is 0 Å². The summed E-state index contributed by atoms with van der Waals surface area (Å²) in [5, 5.41) is 8.60. The first-order valence-electron chi connectivity index (χ1n) is 9.16. The molecule has 4 atom stereocenters. The minimum absolute atomic E-state index is 0.309. The lowest BCUT2D eigenvalue weighted by atomic mass is 10.0. The molecule has 0 heterocycles. The lowest BCUT2D eigenvalue weighted by Gasteiger charge is -2.23. The summed E-state index contributed by atoms with van der Waals surface area (Å²) in [7, 11) is 0. The highest BCUT2D eigenvalue weighted by atomic mass is 79.9. The maximum atomic E-state index is 10.4. The highest BCUT2D eigenvalue weighted by Gasteiger charge is 2.23. The molecule has 6 heteroatoms. The van der Waals surface area contributed by atoms with Gasteiger partial charge in [0, 0.05) is 25.7 Å². The second kappa shape index (κ2) is 16.6. The zero-order valence-electron chi connectivity index (χ0n) is 14.7. The summed E-state index contributed by atoms with van der Waals surface area (Å²) in [5.74, 6) is -0.679. The van der Waals surface area contributed by atoms with Gasteiger partial charge in [0.05, 0.1) is 0 Å². The van der Waals surface area contributed by atoms with Crippen LogP contribution in [-0.4, -0.2) is 30.4 Å². The highest BCUT2D eigenvalue weighted by molar-refractivity contribution is 9.13. The predicted octanol–water partition coefficient (Wildman–Crippen LogP) is 7.83. The molecule has 0 aromatic heterocycles. The normalized spacial score (nSPS) is 16.5. The third-order valence-electron chi connectivity index (χ3n) is 4.19. The van der Waals surface area contributed by atoms with E-state index in [4.69, 9.17) is 5.11 Å². The zero-order valence-corrected chi connectivity index (χ0v) is 21.0. The van der Waals surface area contributed by atoms with Crippen molar-refractivity contribution in [3.8, 4) is 0 Å². The summed E-state index contributed by atoms with van der Waals surface area (Å²) in [6, 6.07) is 0. The first-order chi connectivity index (χ1) is 11.4. The standard InChI is InChI=1S/C18H32Br4O2/c1-2-3-7-10-14(19)16(21)13-17(22)15(20)11-8-5-4-6-9-12-18(23)24/h14-17H,2-13H2,1H3,(H,23,24). The molecule has 0 saturated heterocycles. The number of hydrogen-bond donors (Lipinski definition) is 1. The molecule has 0 aromatic carbocycles. The van der Waals surface area contributed by atoms with Gasteiger partial charge in [-0.1, -0.05) is 116 Å². The molecule has 144 valence electrons. The molecular formula is C18H32Br4O2. The fourth-order valence-corrected chi connectivity index (χ4v) is 5.52. The summed E-state index contributed by atoms with van der Waals surface area (Å²) in [5.41, 5.74) is 0. The molecule has 0 aliphatic heterocycles. The van der Waals surface area contributed by atoms with Gasteiger partial charge in [-0.3, -0.25) is 4.79 Å². The quantitative estimate of drug-likeness (QED) is 0.145. The summed E-state index contributed by atoms with van der Waals surface area (Å²) >= 11 is 15.3. The number of aliphatic carboxylic acids is 1. The zero-order chi connectivity index (χ0) is 18.4. The van der Waals surface area contributed by atoms with Crippen LogP contribution in [0.15, 0.2) is 0 Å². The minimum Gasteiger partial charge on any atom is -0.481 e. The Hall–Kier alpha value is 1.39. The Labute approximate surface area is 181 Å². The molecule has 0 spiro atoms. The van der Waals surface area contributed by atoms with Crippen molar-refractivity contribution >= 4 is 69.7 Å².